The molecule has 1 aliphatic heterocycles. The van der Waals surface area contributed by atoms with Crippen molar-refractivity contribution in [3.8, 4) is 0 Å². The van der Waals surface area contributed by atoms with Gasteiger partial charge in [-0.15, -0.1) is 0 Å². The molecule has 1 fully saturated rings. The van der Waals surface area contributed by atoms with Gasteiger partial charge in [-0.2, -0.15) is 0 Å². The summed E-state index contributed by atoms with van der Waals surface area (Å²) in [6.45, 7) is 5.34. The van der Waals surface area contributed by atoms with Gasteiger partial charge in [0.25, 0.3) is 0 Å². The molecular weight excluding hydrogens is 231 g/mol. The average Bonchev–Trinajstić information content (AvgIpc) is 2.38. The fraction of sp³-hybridized carbons (Fsp3) is 0.571. The van der Waals surface area contributed by atoms with Gasteiger partial charge in [0.05, 0.1) is 11.8 Å². The van der Waals surface area contributed by atoms with Gasteiger partial charge in [-0.25, -0.2) is 4.39 Å². The van der Waals surface area contributed by atoms with Crippen LogP contribution in [0.15, 0.2) is 18.2 Å². The number of nitrogens with zero attached hydrogens (tertiary/aromatic N) is 1. The van der Waals surface area contributed by atoms with E-state index >= 15 is 0 Å². The number of halogens is 1. The van der Waals surface area contributed by atoms with Crippen LogP contribution in [0.2, 0.25) is 0 Å². The first-order valence-corrected chi connectivity index (χ1v) is 6.57. The van der Waals surface area contributed by atoms with Crippen molar-refractivity contribution in [3.63, 3.8) is 0 Å². The lowest BCUT2D eigenvalue weighted by atomic mass is 10.1. The SMILES string of the molecule is CCOC1CCN(Cc2cccc(N)c2F)CC1. The van der Waals surface area contributed by atoms with E-state index in [1.807, 2.05) is 6.92 Å². The van der Waals surface area contributed by atoms with Crippen LogP contribution in [-0.2, 0) is 11.3 Å². The lowest BCUT2D eigenvalue weighted by molar-refractivity contribution is 0.0123. The van der Waals surface area contributed by atoms with Gasteiger partial charge in [0.15, 0.2) is 5.82 Å². The van der Waals surface area contributed by atoms with Crippen LogP contribution in [0.1, 0.15) is 25.3 Å². The van der Waals surface area contributed by atoms with Crippen molar-refractivity contribution in [2.24, 2.45) is 0 Å². The van der Waals surface area contributed by atoms with Crippen LogP contribution in [0.25, 0.3) is 0 Å². The molecule has 1 aliphatic rings. The van der Waals surface area contributed by atoms with Gasteiger partial charge in [-0.05, 0) is 25.8 Å². The Hall–Kier alpha value is -1.13. The second kappa shape index (κ2) is 6.16. The monoisotopic (exact) mass is 252 g/mol. The summed E-state index contributed by atoms with van der Waals surface area (Å²) in [6, 6.07) is 5.21. The standard InChI is InChI=1S/C14H21FN2O/c1-2-18-12-6-8-17(9-7-12)10-11-4-3-5-13(16)14(11)15/h3-5,12H,2,6-10,16H2,1H3. The largest absolute Gasteiger partial charge is 0.396 e. The zero-order valence-corrected chi connectivity index (χ0v) is 10.9. The molecule has 0 atom stereocenters. The second-order valence-corrected chi connectivity index (χ2v) is 4.75. The van der Waals surface area contributed by atoms with Gasteiger partial charge in [0.1, 0.15) is 0 Å². The highest BCUT2D eigenvalue weighted by Crippen LogP contribution is 2.20. The minimum absolute atomic E-state index is 0.233. The minimum atomic E-state index is -0.274. The van der Waals surface area contributed by atoms with Crippen molar-refractivity contribution < 1.29 is 9.13 Å². The van der Waals surface area contributed by atoms with Crippen LogP contribution < -0.4 is 5.73 Å². The Morgan fingerprint density at radius 1 is 1.39 bits per heavy atom. The van der Waals surface area contributed by atoms with Gasteiger partial charge >= 0.3 is 0 Å². The number of hydrogen-bond donors (Lipinski definition) is 1. The molecule has 0 amide bonds. The molecule has 3 nitrogen and oxygen atoms in total. The Kier molecular flexibility index (Phi) is 4.55. The summed E-state index contributed by atoms with van der Waals surface area (Å²) in [5.41, 5.74) is 6.49. The Labute approximate surface area is 108 Å². The first-order valence-electron chi connectivity index (χ1n) is 6.57. The fourth-order valence-electron chi connectivity index (χ4n) is 2.43. The zero-order chi connectivity index (χ0) is 13.0. The molecule has 0 saturated carbocycles. The smallest absolute Gasteiger partial charge is 0.150 e. The Morgan fingerprint density at radius 2 is 2.11 bits per heavy atom. The number of hydrogen-bond acceptors (Lipinski definition) is 3. The number of rotatable bonds is 4. The van der Waals surface area contributed by atoms with E-state index < -0.39 is 0 Å². The highest BCUT2D eigenvalue weighted by molar-refractivity contribution is 5.42. The number of anilines is 1. The third-order valence-corrected chi connectivity index (χ3v) is 3.44. The summed E-state index contributed by atoms with van der Waals surface area (Å²) in [7, 11) is 0. The molecule has 1 heterocycles. The molecule has 2 rings (SSSR count). The van der Waals surface area contributed by atoms with E-state index in [9.17, 15) is 4.39 Å². The summed E-state index contributed by atoms with van der Waals surface area (Å²) in [5.74, 6) is -0.274. The molecule has 0 aromatic heterocycles. The molecule has 0 bridgehead atoms. The zero-order valence-electron chi connectivity index (χ0n) is 10.9. The van der Waals surface area contributed by atoms with Gasteiger partial charge in [0, 0.05) is 31.8 Å². The lowest BCUT2D eigenvalue weighted by Gasteiger charge is -2.31. The van der Waals surface area contributed by atoms with Crippen molar-refractivity contribution >= 4 is 5.69 Å². The maximum Gasteiger partial charge on any atom is 0.150 e. The third kappa shape index (κ3) is 3.21. The van der Waals surface area contributed by atoms with Crippen molar-refractivity contribution in [1.82, 2.24) is 4.90 Å². The van der Waals surface area contributed by atoms with Gasteiger partial charge < -0.3 is 10.5 Å². The molecule has 2 N–H and O–H groups in total. The van der Waals surface area contributed by atoms with E-state index in [0.717, 1.165) is 32.5 Å². The number of benzene rings is 1. The Bertz CT molecular complexity index is 389. The molecule has 0 unspecified atom stereocenters. The summed E-state index contributed by atoms with van der Waals surface area (Å²) < 4.78 is 19.4. The Morgan fingerprint density at radius 3 is 2.78 bits per heavy atom. The topological polar surface area (TPSA) is 38.5 Å². The van der Waals surface area contributed by atoms with Crippen LogP contribution in [0.3, 0.4) is 0 Å². The normalized spacial score (nSPS) is 18.1. The van der Waals surface area contributed by atoms with E-state index in [1.54, 1.807) is 18.2 Å². The van der Waals surface area contributed by atoms with Crippen LogP contribution in [0.4, 0.5) is 10.1 Å². The first kappa shape index (κ1) is 13.3. The molecule has 18 heavy (non-hydrogen) atoms. The lowest BCUT2D eigenvalue weighted by Crippen LogP contribution is -2.36. The van der Waals surface area contributed by atoms with E-state index in [4.69, 9.17) is 10.5 Å². The predicted octanol–water partition coefficient (Wildman–Crippen LogP) is 2.41. The van der Waals surface area contributed by atoms with Crippen LogP contribution in [0, 0.1) is 5.82 Å². The summed E-state index contributed by atoms with van der Waals surface area (Å²) >= 11 is 0. The van der Waals surface area contributed by atoms with E-state index in [0.29, 0.717) is 18.2 Å². The number of likely N-dealkylation sites (tertiary alicyclic amines) is 1. The number of piperidine rings is 1. The number of nitrogen functional groups attached to an aromatic ring is 1. The maximum atomic E-state index is 13.8. The van der Waals surface area contributed by atoms with E-state index in [1.165, 1.54) is 0 Å². The molecule has 1 saturated heterocycles. The number of ether oxygens (including phenoxy) is 1. The molecule has 0 aliphatic carbocycles. The van der Waals surface area contributed by atoms with Crippen LogP contribution in [-0.4, -0.2) is 30.7 Å². The first-order chi connectivity index (χ1) is 8.70. The van der Waals surface area contributed by atoms with Crippen molar-refractivity contribution in [2.45, 2.75) is 32.4 Å². The quantitative estimate of drug-likeness (QED) is 0.836. The van der Waals surface area contributed by atoms with E-state index in [-0.39, 0.29) is 11.5 Å². The second-order valence-electron chi connectivity index (χ2n) is 4.75. The molecule has 0 spiro atoms. The molecule has 100 valence electrons. The van der Waals surface area contributed by atoms with Crippen molar-refractivity contribution in [3.05, 3.63) is 29.6 Å². The molecule has 0 radical (unpaired) electrons. The van der Waals surface area contributed by atoms with Gasteiger partial charge in [-0.1, -0.05) is 12.1 Å². The van der Waals surface area contributed by atoms with Crippen molar-refractivity contribution in [2.75, 3.05) is 25.4 Å². The molecular formula is C14H21FN2O. The molecule has 1 aromatic carbocycles. The van der Waals surface area contributed by atoms with Gasteiger partial charge in [0.2, 0.25) is 0 Å². The maximum absolute atomic E-state index is 13.8. The Balaban J connectivity index is 1.90. The average molecular weight is 252 g/mol. The summed E-state index contributed by atoms with van der Waals surface area (Å²) in [6.07, 6.45) is 2.42. The van der Waals surface area contributed by atoms with Gasteiger partial charge in [-0.3, -0.25) is 4.90 Å². The minimum Gasteiger partial charge on any atom is -0.396 e. The molecule has 1 aromatic rings. The molecule has 4 heteroatoms. The van der Waals surface area contributed by atoms with Crippen LogP contribution in [0.5, 0.6) is 0 Å². The fourth-order valence-corrected chi connectivity index (χ4v) is 2.43. The van der Waals surface area contributed by atoms with Crippen LogP contribution >= 0.6 is 0 Å². The summed E-state index contributed by atoms with van der Waals surface area (Å²) in [4.78, 5) is 2.26. The van der Waals surface area contributed by atoms with E-state index in [2.05, 4.69) is 4.90 Å². The number of nitrogens with two attached hydrogens (primary N) is 1. The highest BCUT2D eigenvalue weighted by Gasteiger charge is 2.20. The third-order valence-electron chi connectivity index (χ3n) is 3.44. The van der Waals surface area contributed by atoms with Crippen molar-refractivity contribution in [1.29, 1.82) is 0 Å². The predicted molar refractivity (Wildman–Crippen MR) is 70.7 cm³/mol. The highest BCUT2D eigenvalue weighted by atomic mass is 19.1. The summed E-state index contributed by atoms with van der Waals surface area (Å²) in [5, 5.41) is 0.